The maximum absolute atomic E-state index is 13.3. The van der Waals surface area contributed by atoms with Gasteiger partial charge >= 0.3 is 5.69 Å². The molecule has 0 fully saturated rings. The van der Waals surface area contributed by atoms with E-state index in [1.54, 1.807) is 12.1 Å². The normalized spacial score (nSPS) is 13.8. The van der Waals surface area contributed by atoms with E-state index in [2.05, 4.69) is 10.1 Å². The summed E-state index contributed by atoms with van der Waals surface area (Å²) in [6, 6.07) is 7.82. The van der Waals surface area contributed by atoms with E-state index in [-0.39, 0.29) is 17.8 Å². The van der Waals surface area contributed by atoms with Crippen molar-refractivity contribution in [3.63, 3.8) is 0 Å². The van der Waals surface area contributed by atoms with Crippen molar-refractivity contribution in [1.29, 1.82) is 0 Å². The molecule has 0 aliphatic carbocycles. The lowest BCUT2D eigenvalue weighted by molar-refractivity contribution is 0.653. The van der Waals surface area contributed by atoms with Gasteiger partial charge in [0.15, 0.2) is 11.2 Å². The number of hydrogen-bond donors (Lipinski definition) is 0. The molecule has 0 amide bonds. The Balaban J connectivity index is 1.97. The van der Waals surface area contributed by atoms with E-state index in [1.807, 2.05) is 49.6 Å². The van der Waals surface area contributed by atoms with E-state index in [1.165, 1.54) is 9.13 Å². The highest BCUT2D eigenvalue weighted by molar-refractivity contribution is 5.87. The molecule has 0 unspecified atom stereocenters. The first-order valence-corrected chi connectivity index (χ1v) is 8.98. The number of nitrogens with zero attached hydrogens (tertiary/aromatic N) is 6. The van der Waals surface area contributed by atoms with Crippen LogP contribution in [0.5, 0.6) is 0 Å². The van der Waals surface area contributed by atoms with E-state index >= 15 is 0 Å². The summed E-state index contributed by atoms with van der Waals surface area (Å²) in [5, 5.41) is 6.25. The quantitative estimate of drug-likeness (QED) is 0.703. The molecular weight excluding hydrogens is 344 g/mol. The van der Waals surface area contributed by atoms with Gasteiger partial charge in [-0.2, -0.15) is 10.1 Å². The third-order valence-electron chi connectivity index (χ3n) is 4.84. The number of imidazole rings is 1. The lowest BCUT2D eigenvalue weighted by Crippen LogP contribution is -2.40. The number of benzene rings is 1. The first-order chi connectivity index (χ1) is 12.9. The molecule has 1 aliphatic rings. The van der Waals surface area contributed by atoms with Crippen LogP contribution < -0.4 is 16.3 Å². The number of aromatic nitrogens is 4. The molecule has 140 valence electrons. The molecule has 0 bridgehead atoms. The topological polar surface area (TPSA) is 77.4 Å². The highest BCUT2D eigenvalue weighted by Crippen LogP contribution is 2.23. The van der Waals surface area contributed by atoms with Crippen LogP contribution in [0.3, 0.4) is 0 Å². The van der Waals surface area contributed by atoms with Gasteiger partial charge in [0, 0.05) is 13.6 Å². The number of fused-ring (bicyclic) bond motifs is 3. The molecule has 0 N–H and O–H groups in total. The maximum atomic E-state index is 13.3. The fourth-order valence-corrected chi connectivity index (χ4v) is 3.56. The number of anilines is 1. The van der Waals surface area contributed by atoms with Crippen molar-refractivity contribution in [3.8, 4) is 0 Å². The Kier molecular flexibility index (Phi) is 3.98. The van der Waals surface area contributed by atoms with Crippen molar-refractivity contribution in [2.75, 3.05) is 11.6 Å². The first-order valence-electron chi connectivity index (χ1n) is 8.98. The van der Waals surface area contributed by atoms with E-state index < -0.39 is 0 Å². The first kappa shape index (κ1) is 17.3. The molecule has 0 atom stereocenters. The second-order valence-corrected chi connectivity index (χ2v) is 6.94. The number of aryl methyl sites for hydroxylation is 2. The zero-order chi connectivity index (χ0) is 19.3. The summed E-state index contributed by atoms with van der Waals surface area (Å²) < 4.78 is 4.58. The van der Waals surface area contributed by atoms with Gasteiger partial charge < -0.3 is 0 Å². The molecule has 0 saturated carbocycles. The summed E-state index contributed by atoms with van der Waals surface area (Å²) in [4.78, 5) is 30.7. The zero-order valence-electron chi connectivity index (χ0n) is 15.9. The van der Waals surface area contributed by atoms with Crippen molar-refractivity contribution < 1.29 is 0 Å². The lowest BCUT2D eigenvalue weighted by Gasteiger charge is -2.23. The van der Waals surface area contributed by atoms with Gasteiger partial charge in [-0.1, -0.05) is 29.8 Å². The summed E-state index contributed by atoms with van der Waals surface area (Å²) in [7, 11) is 1.65. The Labute approximate surface area is 156 Å². The minimum absolute atomic E-state index is 0.230. The van der Waals surface area contributed by atoms with Crippen LogP contribution in [0.15, 0.2) is 39.0 Å². The minimum Gasteiger partial charge on any atom is -0.297 e. The van der Waals surface area contributed by atoms with Crippen molar-refractivity contribution >= 4 is 22.8 Å². The average molecular weight is 366 g/mol. The molecule has 0 radical (unpaired) electrons. The Morgan fingerprint density at radius 2 is 1.96 bits per heavy atom. The molecule has 27 heavy (non-hydrogen) atoms. The maximum Gasteiger partial charge on any atom is 0.332 e. The van der Waals surface area contributed by atoms with Crippen molar-refractivity contribution in [2.45, 2.75) is 33.9 Å². The molecular formula is C19H22N6O2. The molecule has 8 nitrogen and oxygen atoms in total. The second-order valence-electron chi connectivity index (χ2n) is 6.94. The predicted molar refractivity (Wildman–Crippen MR) is 106 cm³/mol. The smallest absolute Gasteiger partial charge is 0.297 e. The number of hydrazone groups is 1. The zero-order valence-corrected chi connectivity index (χ0v) is 15.9. The highest BCUT2D eigenvalue weighted by atomic mass is 16.2. The standard InChI is InChI=1S/C19H22N6O2/c1-5-25-18-20-16-15(23(18)10-13(3)21-25)17(26)24(19(27)22(16)4)11-14-8-6-7-12(2)9-14/h6-9H,5,10-11H2,1-4H3. The Hall–Kier alpha value is -3.16. The average Bonchev–Trinajstić information content (AvgIpc) is 3.02. The second kappa shape index (κ2) is 6.22. The third-order valence-corrected chi connectivity index (χ3v) is 4.84. The third kappa shape index (κ3) is 2.68. The summed E-state index contributed by atoms with van der Waals surface area (Å²) in [5.74, 6) is 0.596. The van der Waals surface area contributed by atoms with E-state index in [4.69, 9.17) is 0 Å². The van der Waals surface area contributed by atoms with Crippen LogP contribution in [-0.2, 0) is 20.1 Å². The Morgan fingerprint density at radius 1 is 1.19 bits per heavy atom. The largest absolute Gasteiger partial charge is 0.332 e. The molecule has 4 rings (SSSR count). The van der Waals surface area contributed by atoms with Crippen LogP contribution in [0.4, 0.5) is 5.95 Å². The highest BCUT2D eigenvalue weighted by Gasteiger charge is 2.25. The Morgan fingerprint density at radius 3 is 2.67 bits per heavy atom. The molecule has 1 aliphatic heterocycles. The Bertz CT molecular complexity index is 1200. The lowest BCUT2D eigenvalue weighted by atomic mass is 10.1. The van der Waals surface area contributed by atoms with Gasteiger partial charge in [-0.3, -0.25) is 18.5 Å². The van der Waals surface area contributed by atoms with Crippen molar-refractivity contribution in [1.82, 2.24) is 18.7 Å². The molecule has 8 heteroatoms. The van der Waals surface area contributed by atoms with Gasteiger partial charge in [0.2, 0.25) is 5.95 Å². The van der Waals surface area contributed by atoms with E-state index in [9.17, 15) is 9.59 Å². The fraction of sp³-hybridized carbons (Fsp3) is 0.368. The summed E-state index contributed by atoms with van der Waals surface area (Å²) in [6.07, 6.45) is 0. The SMILES string of the molecule is CCN1N=C(C)Cn2c1nc1c2c(=O)n(Cc2cccc(C)c2)c(=O)n1C. The molecule has 0 spiro atoms. The molecule has 2 aromatic heterocycles. The number of hydrogen-bond acceptors (Lipinski definition) is 5. The summed E-state index contributed by atoms with van der Waals surface area (Å²) in [6.45, 7) is 7.23. The van der Waals surface area contributed by atoms with Crippen LogP contribution in [0, 0.1) is 6.92 Å². The summed E-state index contributed by atoms with van der Waals surface area (Å²) >= 11 is 0. The van der Waals surface area contributed by atoms with E-state index in [0.717, 1.165) is 16.8 Å². The monoisotopic (exact) mass is 366 g/mol. The van der Waals surface area contributed by atoms with Crippen LogP contribution in [0.2, 0.25) is 0 Å². The van der Waals surface area contributed by atoms with Gasteiger partial charge in [0.05, 0.1) is 18.8 Å². The molecule has 3 heterocycles. The van der Waals surface area contributed by atoms with Crippen molar-refractivity contribution in [3.05, 3.63) is 56.2 Å². The minimum atomic E-state index is -0.370. The van der Waals surface area contributed by atoms with Crippen LogP contribution in [0.25, 0.3) is 11.2 Å². The van der Waals surface area contributed by atoms with Gasteiger partial charge in [0.25, 0.3) is 5.56 Å². The van der Waals surface area contributed by atoms with Crippen LogP contribution in [0.1, 0.15) is 25.0 Å². The molecule has 0 saturated heterocycles. The molecule has 1 aromatic carbocycles. The molecule has 3 aromatic rings. The number of rotatable bonds is 3. The van der Waals surface area contributed by atoms with Crippen LogP contribution in [-0.4, -0.2) is 30.9 Å². The fourth-order valence-electron chi connectivity index (χ4n) is 3.56. The van der Waals surface area contributed by atoms with Gasteiger partial charge in [0.1, 0.15) is 0 Å². The van der Waals surface area contributed by atoms with Crippen LogP contribution >= 0.6 is 0 Å². The van der Waals surface area contributed by atoms with Crippen molar-refractivity contribution in [2.24, 2.45) is 12.1 Å². The van der Waals surface area contributed by atoms with Gasteiger partial charge in [-0.25, -0.2) is 9.80 Å². The van der Waals surface area contributed by atoms with Gasteiger partial charge in [-0.05, 0) is 26.3 Å². The van der Waals surface area contributed by atoms with Gasteiger partial charge in [-0.15, -0.1) is 0 Å². The van der Waals surface area contributed by atoms with E-state index in [0.29, 0.717) is 30.2 Å². The predicted octanol–water partition coefficient (Wildman–Crippen LogP) is 1.47. The summed E-state index contributed by atoms with van der Waals surface area (Å²) in [5.41, 5.74) is 3.04.